The fourth-order valence-corrected chi connectivity index (χ4v) is 3.35. The SMILES string of the molecule is CCN(CC)c1ccc(C(=O)NNC(=O)[C@H](C)Sc2ccccc2)cc1. The fraction of sp³-hybridized carbons (Fsp3) is 0.300. The number of nitrogens with zero attached hydrogens (tertiary/aromatic N) is 1. The minimum absolute atomic E-state index is 0.244. The van der Waals surface area contributed by atoms with E-state index in [1.54, 1.807) is 19.1 Å². The monoisotopic (exact) mass is 371 g/mol. The fourth-order valence-electron chi connectivity index (χ4n) is 2.46. The van der Waals surface area contributed by atoms with Crippen LogP contribution in [0.5, 0.6) is 0 Å². The summed E-state index contributed by atoms with van der Waals surface area (Å²) in [5, 5.41) is -0.317. The lowest BCUT2D eigenvalue weighted by molar-refractivity contribution is -0.121. The second-order valence-electron chi connectivity index (χ2n) is 5.74. The van der Waals surface area contributed by atoms with Crippen LogP contribution >= 0.6 is 11.8 Å². The van der Waals surface area contributed by atoms with Crippen LogP contribution in [0.4, 0.5) is 5.69 Å². The van der Waals surface area contributed by atoms with Crippen LogP contribution in [0.15, 0.2) is 59.5 Å². The molecule has 6 heteroatoms. The summed E-state index contributed by atoms with van der Waals surface area (Å²) in [6, 6.07) is 17.0. The van der Waals surface area contributed by atoms with E-state index in [2.05, 4.69) is 29.6 Å². The first kappa shape index (κ1) is 19.8. The number of hydrogen-bond acceptors (Lipinski definition) is 4. The molecule has 0 aliphatic rings. The van der Waals surface area contributed by atoms with Crippen molar-refractivity contribution >= 4 is 29.3 Å². The van der Waals surface area contributed by atoms with E-state index in [9.17, 15) is 9.59 Å². The number of hydrogen-bond donors (Lipinski definition) is 2. The number of carbonyl (C=O) groups is 2. The lowest BCUT2D eigenvalue weighted by Gasteiger charge is -2.21. The second kappa shape index (κ2) is 9.87. The zero-order valence-corrected chi connectivity index (χ0v) is 16.2. The molecule has 2 aromatic carbocycles. The number of nitrogens with one attached hydrogen (secondary N) is 2. The van der Waals surface area contributed by atoms with Crippen LogP contribution in [0.25, 0.3) is 0 Å². The molecular weight excluding hydrogens is 346 g/mol. The Hall–Kier alpha value is -2.47. The van der Waals surface area contributed by atoms with Gasteiger partial charge in [-0.1, -0.05) is 18.2 Å². The Morgan fingerprint density at radius 1 is 0.962 bits per heavy atom. The molecular formula is C20H25N3O2S. The van der Waals surface area contributed by atoms with Crippen molar-refractivity contribution in [2.24, 2.45) is 0 Å². The van der Waals surface area contributed by atoms with E-state index in [0.29, 0.717) is 5.56 Å². The Bertz CT molecular complexity index is 716. The number of rotatable bonds is 7. The molecule has 0 saturated heterocycles. The van der Waals surface area contributed by atoms with E-state index in [-0.39, 0.29) is 17.1 Å². The Morgan fingerprint density at radius 2 is 1.58 bits per heavy atom. The van der Waals surface area contributed by atoms with E-state index >= 15 is 0 Å². The number of carbonyl (C=O) groups excluding carboxylic acids is 2. The molecule has 2 N–H and O–H groups in total. The molecule has 0 unspecified atom stereocenters. The molecule has 0 aliphatic carbocycles. The normalized spacial score (nSPS) is 11.5. The molecule has 0 spiro atoms. The van der Waals surface area contributed by atoms with Crippen molar-refractivity contribution in [3.8, 4) is 0 Å². The van der Waals surface area contributed by atoms with Crippen molar-refractivity contribution in [2.45, 2.75) is 30.9 Å². The second-order valence-corrected chi connectivity index (χ2v) is 7.15. The van der Waals surface area contributed by atoms with Gasteiger partial charge in [0, 0.05) is 29.2 Å². The summed E-state index contributed by atoms with van der Waals surface area (Å²) in [5.74, 6) is -0.576. The molecule has 26 heavy (non-hydrogen) atoms. The van der Waals surface area contributed by atoms with Gasteiger partial charge in [-0.25, -0.2) is 0 Å². The van der Waals surface area contributed by atoms with Crippen LogP contribution in [0.1, 0.15) is 31.1 Å². The van der Waals surface area contributed by atoms with E-state index in [1.165, 1.54) is 11.8 Å². The highest BCUT2D eigenvalue weighted by Gasteiger charge is 2.15. The summed E-state index contributed by atoms with van der Waals surface area (Å²) in [6.45, 7) is 7.81. The van der Waals surface area contributed by atoms with Crippen LogP contribution in [-0.2, 0) is 4.79 Å². The van der Waals surface area contributed by atoms with Crippen LogP contribution in [0, 0.1) is 0 Å². The van der Waals surface area contributed by atoms with E-state index in [1.807, 2.05) is 42.5 Å². The third-order valence-electron chi connectivity index (χ3n) is 3.98. The Morgan fingerprint density at radius 3 is 2.15 bits per heavy atom. The summed E-state index contributed by atoms with van der Waals surface area (Å²) in [7, 11) is 0. The van der Waals surface area contributed by atoms with Gasteiger partial charge in [0.25, 0.3) is 11.8 Å². The largest absolute Gasteiger partial charge is 0.372 e. The number of anilines is 1. The Labute approximate surface area is 159 Å². The summed E-state index contributed by atoms with van der Waals surface area (Å²) in [4.78, 5) is 27.6. The van der Waals surface area contributed by atoms with Crippen molar-refractivity contribution < 1.29 is 9.59 Å². The van der Waals surface area contributed by atoms with Crippen molar-refractivity contribution in [1.29, 1.82) is 0 Å². The van der Waals surface area contributed by atoms with Crippen molar-refractivity contribution in [1.82, 2.24) is 10.9 Å². The first-order chi connectivity index (χ1) is 12.5. The summed E-state index contributed by atoms with van der Waals surface area (Å²) < 4.78 is 0. The predicted molar refractivity (Wildman–Crippen MR) is 107 cm³/mol. The van der Waals surface area contributed by atoms with E-state index in [0.717, 1.165) is 23.7 Å². The smallest absolute Gasteiger partial charge is 0.269 e. The standard InChI is InChI=1S/C20H25N3O2S/c1-4-23(5-2)17-13-11-16(12-14-17)20(25)22-21-19(24)15(3)26-18-9-7-6-8-10-18/h6-15H,4-5H2,1-3H3,(H,21,24)(H,22,25)/t15-/m0/s1. The van der Waals surface area contributed by atoms with Gasteiger partial charge in [0.2, 0.25) is 0 Å². The molecule has 2 aromatic rings. The van der Waals surface area contributed by atoms with Gasteiger partial charge in [0.15, 0.2) is 0 Å². The first-order valence-corrected chi connectivity index (χ1v) is 9.60. The van der Waals surface area contributed by atoms with E-state index in [4.69, 9.17) is 0 Å². The van der Waals surface area contributed by atoms with Crippen LogP contribution in [0.3, 0.4) is 0 Å². The van der Waals surface area contributed by atoms with E-state index < -0.39 is 0 Å². The lowest BCUT2D eigenvalue weighted by atomic mass is 10.2. The lowest BCUT2D eigenvalue weighted by Crippen LogP contribution is -2.44. The third kappa shape index (κ3) is 5.52. The first-order valence-electron chi connectivity index (χ1n) is 8.72. The molecule has 2 rings (SSSR count). The maximum atomic E-state index is 12.2. The zero-order chi connectivity index (χ0) is 18.9. The minimum Gasteiger partial charge on any atom is -0.372 e. The zero-order valence-electron chi connectivity index (χ0n) is 15.4. The average molecular weight is 372 g/mol. The third-order valence-corrected chi connectivity index (χ3v) is 5.09. The predicted octanol–water partition coefficient (Wildman–Crippen LogP) is 3.47. The maximum absolute atomic E-state index is 12.2. The van der Waals surface area contributed by atoms with Gasteiger partial charge in [-0.3, -0.25) is 20.4 Å². The molecule has 0 saturated carbocycles. The van der Waals surface area contributed by atoms with Crippen LogP contribution < -0.4 is 15.8 Å². The van der Waals surface area contributed by atoms with Gasteiger partial charge in [-0.15, -0.1) is 11.8 Å². The number of hydrazine groups is 1. The molecule has 0 fully saturated rings. The number of benzene rings is 2. The molecule has 2 amide bonds. The van der Waals surface area contributed by atoms with Crippen LogP contribution in [-0.4, -0.2) is 30.2 Å². The minimum atomic E-state index is -0.332. The molecule has 0 aromatic heterocycles. The highest BCUT2D eigenvalue weighted by molar-refractivity contribution is 8.00. The quantitative estimate of drug-likeness (QED) is 0.578. The summed E-state index contributed by atoms with van der Waals surface area (Å²) in [6.07, 6.45) is 0. The Kier molecular flexibility index (Phi) is 7.53. The van der Waals surface area contributed by atoms with Crippen molar-refractivity contribution in [3.05, 3.63) is 60.2 Å². The van der Waals surface area contributed by atoms with Crippen LogP contribution in [0.2, 0.25) is 0 Å². The molecule has 0 radical (unpaired) electrons. The molecule has 5 nitrogen and oxygen atoms in total. The molecule has 0 aliphatic heterocycles. The molecule has 0 bridgehead atoms. The maximum Gasteiger partial charge on any atom is 0.269 e. The van der Waals surface area contributed by atoms with Gasteiger partial charge in [0.1, 0.15) is 0 Å². The van der Waals surface area contributed by atoms with Gasteiger partial charge >= 0.3 is 0 Å². The topological polar surface area (TPSA) is 61.4 Å². The van der Waals surface area contributed by atoms with Gasteiger partial charge in [-0.05, 0) is 57.2 Å². The van der Waals surface area contributed by atoms with Gasteiger partial charge in [0.05, 0.1) is 5.25 Å². The summed E-state index contributed by atoms with van der Waals surface area (Å²) >= 11 is 1.44. The number of amides is 2. The highest BCUT2D eigenvalue weighted by atomic mass is 32.2. The van der Waals surface area contributed by atoms with Gasteiger partial charge < -0.3 is 4.90 Å². The summed E-state index contributed by atoms with van der Waals surface area (Å²) in [5.41, 5.74) is 6.54. The molecule has 0 heterocycles. The average Bonchev–Trinajstić information content (AvgIpc) is 2.68. The van der Waals surface area contributed by atoms with Gasteiger partial charge in [-0.2, -0.15) is 0 Å². The van der Waals surface area contributed by atoms with Crippen molar-refractivity contribution in [2.75, 3.05) is 18.0 Å². The Balaban J connectivity index is 1.86. The molecule has 138 valence electrons. The molecule has 1 atom stereocenters. The number of thioether (sulfide) groups is 1. The highest BCUT2D eigenvalue weighted by Crippen LogP contribution is 2.22. The van der Waals surface area contributed by atoms with Crippen molar-refractivity contribution in [3.63, 3.8) is 0 Å².